The van der Waals surface area contributed by atoms with Gasteiger partial charge in [-0.15, -0.1) is 0 Å². The number of benzene rings is 1. The molecule has 172 valence electrons. The van der Waals surface area contributed by atoms with Crippen LogP contribution in [0.3, 0.4) is 0 Å². The Morgan fingerprint density at radius 3 is 2.84 bits per heavy atom. The van der Waals surface area contributed by atoms with E-state index in [1.165, 1.54) is 12.5 Å². The summed E-state index contributed by atoms with van der Waals surface area (Å²) in [6.07, 6.45) is 3.64. The third-order valence-corrected chi connectivity index (χ3v) is 6.65. The zero-order valence-corrected chi connectivity index (χ0v) is 17.9. The van der Waals surface area contributed by atoms with Crippen molar-refractivity contribution < 1.29 is 17.9 Å². The standard InChI is InChI=1S/C23H27F3N4O2/c24-19-10-16(5-6-17(19)12-28-8-3-7-23(25,26)15-28)14-32-20-11-21-29-9-2-1-4-18(29)13-30(21)22(31)27-20/h5-6,10-11,18H,1-4,7-9,12-15H2/t18-/m0/s1. The largest absolute Gasteiger partial charge is 0.473 e. The van der Waals surface area contributed by atoms with E-state index >= 15 is 0 Å². The Hall–Kier alpha value is -2.55. The molecule has 0 spiro atoms. The van der Waals surface area contributed by atoms with E-state index in [1.54, 1.807) is 27.7 Å². The fourth-order valence-corrected chi connectivity index (χ4v) is 5.05. The van der Waals surface area contributed by atoms with Crippen LogP contribution >= 0.6 is 0 Å². The lowest BCUT2D eigenvalue weighted by atomic mass is 10.0. The predicted octanol–water partition coefficient (Wildman–Crippen LogP) is 3.57. The second kappa shape index (κ2) is 8.42. The number of hydrogen-bond acceptors (Lipinski definition) is 5. The predicted molar refractivity (Wildman–Crippen MR) is 114 cm³/mol. The summed E-state index contributed by atoms with van der Waals surface area (Å²) in [6.45, 7) is 2.01. The molecule has 6 nitrogen and oxygen atoms in total. The van der Waals surface area contributed by atoms with Gasteiger partial charge in [-0.1, -0.05) is 12.1 Å². The van der Waals surface area contributed by atoms with E-state index in [0.717, 1.165) is 25.2 Å². The molecule has 2 fully saturated rings. The van der Waals surface area contributed by atoms with Gasteiger partial charge in [-0.3, -0.25) is 9.47 Å². The topological polar surface area (TPSA) is 50.6 Å². The number of hydrogen-bond donors (Lipinski definition) is 0. The molecule has 3 aliphatic heterocycles. The highest BCUT2D eigenvalue weighted by molar-refractivity contribution is 5.47. The van der Waals surface area contributed by atoms with Gasteiger partial charge in [0, 0.05) is 43.7 Å². The summed E-state index contributed by atoms with van der Waals surface area (Å²) in [7, 11) is 0. The number of piperidine rings is 2. The molecule has 0 unspecified atom stereocenters. The van der Waals surface area contributed by atoms with Crippen LogP contribution in [0.4, 0.5) is 19.0 Å². The number of anilines is 1. The maximum absolute atomic E-state index is 14.6. The second-order valence-corrected chi connectivity index (χ2v) is 9.07. The van der Waals surface area contributed by atoms with Crippen LogP contribution in [0.25, 0.3) is 0 Å². The minimum Gasteiger partial charge on any atom is -0.473 e. The van der Waals surface area contributed by atoms with Crippen LogP contribution in [0.2, 0.25) is 0 Å². The van der Waals surface area contributed by atoms with E-state index in [1.807, 2.05) is 0 Å². The van der Waals surface area contributed by atoms with Crippen LogP contribution in [-0.2, 0) is 19.7 Å². The molecular formula is C23H27F3N4O2. The molecule has 9 heteroatoms. The maximum atomic E-state index is 14.6. The smallest absolute Gasteiger partial charge is 0.352 e. The summed E-state index contributed by atoms with van der Waals surface area (Å²) >= 11 is 0. The lowest BCUT2D eigenvalue weighted by Crippen LogP contribution is -2.42. The van der Waals surface area contributed by atoms with Gasteiger partial charge in [0.25, 0.3) is 5.92 Å². The van der Waals surface area contributed by atoms with E-state index in [9.17, 15) is 18.0 Å². The van der Waals surface area contributed by atoms with Crippen molar-refractivity contribution >= 4 is 5.82 Å². The molecule has 0 radical (unpaired) electrons. The molecule has 1 aromatic heterocycles. The minimum atomic E-state index is -2.71. The fraction of sp³-hybridized carbons (Fsp3) is 0.565. The molecule has 0 aliphatic carbocycles. The van der Waals surface area contributed by atoms with E-state index in [2.05, 4.69) is 9.88 Å². The SMILES string of the molecule is O=c1nc(OCc2ccc(CN3CCCC(F)(F)C3)c(F)c2)cc2n1C[C@@H]1CCCCN21. The van der Waals surface area contributed by atoms with Crippen LogP contribution < -0.4 is 15.3 Å². The Bertz CT molecular complexity index is 1060. The zero-order chi connectivity index (χ0) is 22.3. The van der Waals surface area contributed by atoms with Crippen molar-refractivity contribution in [3.8, 4) is 5.88 Å². The first-order valence-corrected chi connectivity index (χ1v) is 11.3. The van der Waals surface area contributed by atoms with Crippen LogP contribution in [-0.4, -0.2) is 46.0 Å². The summed E-state index contributed by atoms with van der Waals surface area (Å²) in [5.74, 6) is -2.09. The molecular weight excluding hydrogens is 421 g/mol. The average Bonchev–Trinajstić information content (AvgIpc) is 3.13. The lowest BCUT2D eigenvalue weighted by molar-refractivity contribution is -0.0663. The van der Waals surface area contributed by atoms with Gasteiger partial charge in [0.05, 0.1) is 6.54 Å². The zero-order valence-electron chi connectivity index (χ0n) is 17.9. The Morgan fingerprint density at radius 1 is 1.16 bits per heavy atom. The molecule has 32 heavy (non-hydrogen) atoms. The molecule has 0 bridgehead atoms. The highest BCUT2D eigenvalue weighted by Crippen LogP contribution is 2.32. The molecule has 3 aliphatic rings. The highest BCUT2D eigenvalue weighted by atomic mass is 19.3. The fourth-order valence-electron chi connectivity index (χ4n) is 5.05. The van der Waals surface area contributed by atoms with Crippen molar-refractivity contribution in [1.82, 2.24) is 14.5 Å². The highest BCUT2D eigenvalue weighted by Gasteiger charge is 2.35. The van der Waals surface area contributed by atoms with E-state index in [4.69, 9.17) is 4.74 Å². The number of ether oxygens (including phenoxy) is 1. The van der Waals surface area contributed by atoms with Crippen molar-refractivity contribution in [3.05, 3.63) is 51.7 Å². The molecule has 1 aromatic carbocycles. The number of fused-ring (bicyclic) bond motifs is 3. The first kappa shape index (κ1) is 21.3. The molecule has 0 amide bonds. The summed E-state index contributed by atoms with van der Waals surface area (Å²) in [5.41, 5.74) is 0.650. The molecule has 0 saturated carbocycles. The molecule has 5 rings (SSSR count). The normalized spacial score (nSPS) is 22.5. The minimum absolute atomic E-state index is 0.0678. The van der Waals surface area contributed by atoms with Crippen molar-refractivity contribution in [2.75, 3.05) is 24.5 Å². The quantitative estimate of drug-likeness (QED) is 0.700. The molecule has 0 N–H and O–H groups in total. The third-order valence-electron chi connectivity index (χ3n) is 6.65. The van der Waals surface area contributed by atoms with Gasteiger partial charge in [0.2, 0.25) is 5.88 Å². The summed E-state index contributed by atoms with van der Waals surface area (Å²) < 4.78 is 49.2. The van der Waals surface area contributed by atoms with Crippen LogP contribution in [0, 0.1) is 5.82 Å². The number of likely N-dealkylation sites (tertiary alicyclic amines) is 1. The van der Waals surface area contributed by atoms with Crippen molar-refractivity contribution in [3.63, 3.8) is 0 Å². The van der Waals surface area contributed by atoms with Gasteiger partial charge in [0.1, 0.15) is 18.2 Å². The number of alkyl halides is 2. The van der Waals surface area contributed by atoms with Gasteiger partial charge < -0.3 is 9.64 Å². The molecule has 2 saturated heterocycles. The van der Waals surface area contributed by atoms with Gasteiger partial charge in [-0.2, -0.15) is 4.98 Å². The van der Waals surface area contributed by atoms with Gasteiger partial charge in [0.15, 0.2) is 0 Å². The Kier molecular flexibility index (Phi) is 5.61. The molecule has 2 aromatic rings. The van der Waals surface area contributed by atoms with Crippen molar-refractivity contribution in [2.24, 2.45) is 0 Å². The molecule has 1 atom stereocenters. The van der Waals surface area contributed by atoms with E-state index in [-0.39, 0.29) is 37.7 Å². The van der Waals surface area contributed by atoms with Crippen LogP contribution in [0.5, 0.6) is 5.88 Å². The number of halogens is 3. The van der Waals surface area contributed by atoms with Gasteiger partial charge in [-0.25, -0.2) is 18.0 Å². The van der Waals surface area contributed by atoms with E-state index < -0.39 is 11.7 Å². The maximum Gasteiger partial charge on any atom is 0.352 e. The van der Waals surface area contributed by atoms with Crippen molar-refractivity contribution in [1.29, 1.82) is 0 Å². The van der Waals surface area contributed by atoms with Gasteiger partial charge >= 0.3 is 5.69 Å². The first-order valence-electron chi connectivity index (χ1n) is 11.3. The summed E-state index contributed by atoms with van der Waals surface area (Å²) in [4.78, 5) is 20.3. The number of aromatic nitrogens is 2. The summed E-state index contributed by atoms with van der Waals surface area (Å²) in [6, 6.07) is 6.83. The Morgan fingerprint density at radius 2 is 2.03 bits per heavy atom. The first-order chi connectivity index (χ1) is 15.4. The van der Waals surface area contributed by atoms with Crippen LogP contribution in [0.15, 0.2) is 29.1 Å². The second-order valence-electron chi connectivity index (χ2n) is 9.07. The summed E-state index contributed by atoms with van der Waals surface area (Å²) in [5, 5.41) is 0. The monoisotopic (exact) mass is 448 g/mol. The average molecular weight is 448 g/mol. The Labute approximate surface area is 184 Å². The molecule has 4 heterocycles. The number of rotatable bonds is 5. The lowest BCUT2D eigenvalue weighted by Gasteiger charge is -2.32. The Balaban J connectivity index is 1.24. The number of nitrogens with zero attached hydrogens (tertiary/aromatic N) is 4. The third kappa shape index (κ3) is 4.35. The van der Waals surface area contributed by atoms with E-state index in [0.29, 0.717) is 36.7 Å². The van der Waals surface area contributed by atoms with Crippen molar-refractivity contribution in [2.45, 2.75) is 63.8 Å². The van der Waals surface area contributed by atoms with Gasteiger partial charge in [-0.05, 0) is 43.9 Å². The van der Waals surface area contributed by atoms with Crippen LogP contribution in [0.1, 0.15) is 43.2 Å².